The van der Waals surface area contributed by atoms with Crippen molar-refractivity contribution in [2.24, 2.45) is 11.8 Å². The maximum absolute atomic E-state index is 3.47. The van der Waals surface area contributed by atoms with Gasteiger partial charge in [-0.2, -0.15) is 0 Å². The highest BCUT2D eigenvalue weighted by Crippen LogP contribution is 2.39. The fourth-order valence-electron chi connectivity index (χ4n) is 4.07. The molecule has 1 saturated carbocycles. The first-order valence-electron chi connectivity index (χ1n) is 8.23. The lowest BCUT2D eigenvalue weighted by Gasteiger charge is -2.44. The van der Waals surface area contributed by atoms with Gasteiger partial charge in [-0.15, -0.1) is 0 Å². The highest BCUT2D eigenvalue weighted by atomic mass is 15.2. The molecule has 3 rings (SSSR count). The van der Waals surface area contributed by atoms with Crippen LogP contribution in [0.15, 0.2) is 24.3 Å². The lowest BCUT2D eigenvalue weighted by Crippen LogP contribution is -2.44. The summed E-state index contributed by atoms with van der Waals surface area (Å²) in [5, 5.41) is 3.47. The minimum atomic E-state index is 0.530. The minimum Gasteiger partial charge on any atom is -0.368 e. The molecule has 0 amide bonds. The van der Waals surface area contributed by atoms with E-state index in [9.17, 15) is 0 Å². The van der Waals surface area contributed by atoms with Crippen LogP contribution in [-0.2, 0) is 0 Å². The number of hydrogen-bond acceptors (Lipinski definition) is 2. The van der Waals surface area contributed by atoms with E-state index in [-0.39, 0.29) is 0 Å². The molecule has 1 aromatic carbocycles. The van der Waals surface area contributed by atoms with Crippen LogP contribution in [0.2, 0.25) is 0 Å². The fourth-order valence-corrected chi connectivity index (χ4v) is 4.07. The molecule has 1 heterocycles. The monoisotopic (exact) mass is 272 g/mol. The molecule has 2 heteroatoms. The average Bonchev–Trinajstić information content (AvgIpc) is 2.49. The van der Waals surface area contributed by atoms with Gasteiger partial charge in [-0.25, -0.2) is 0 Å². The molecule has 1 aliphatic heterocycles. The van der Waals surface area contributed by atoms with Gasteiger partial charge in [0, 0.05) is 24.3 Å². The molecule has 1 N–H and O–H groups in total. The topological polar surface area (TPSA) is 15.3 Å². The number of para-hydroxylation sites is 1. The van der Waals surface area contributed by atoms with Gasteiger partial charge in [0.1, 0.15) is 0 Å². The number of fused-ring (bicyclic) bond motifs is 1. The molecule has 0 aromatic heterocycles. The molecular weight excluding hydrogens is 244 g/mol. The van der Waals surface area contributed by atoms with Crippen LogP contribution in [-0.4, -0.2) is 19.6 Å². The molecular formula is C18H28N2. The van der Waals surface area contributed by atoms with Gasteiger partial charge < -0.3 is 10.2 Å². The van der Waals surface area contributed by atoms with Gasteiger partial charge in [0.2, 0.25) is 0 Å². The quantitative estimate of drug-likeness (QED) is 0.876. The molecule has 2 aliphatic rings. The second-order valence-corrected chi connectivity index (χ2v) is 6.80. The molecule has 0 bridgehead atoms. The third-order valence-electron chi connectivity index (χ3n) is 5.64. The normalized spacial score (nSPS) is 33.9. The van der Waals surface area contributed by atoms with Crippen LogP contribution >= 0.6 is 0 Å². The number of anilines is 1. The summed E-state index contributed by atoms with van der Waals surface area (Å²) in [6.07, 6.45) is 5.34. The maximum Gasteiger partial charge on any atom is 0.0417 e. The molecule has 4 atom stereocenters. The van der Waals surface area contributed by atoms with Crippen molar-refractivity contribution < 1.29 is 0 Å². The highest BCUT2D eigenvalue weighted by molar-refractivity contribution is 5.57. The lowest BCUT2D eigenvalue weighted by atomic mass is 9.78. The van der Waals surface area contributed by atoms with E-state index in [2.05, 4.69) is 55.4 Å². The molecule has 1 fully saturated rings. The molecule has 0 spiro atoms. The lowest BCUT2D eigenvalue weighted by molar-refractivity contribution is 0.240. The van der Waals surface area contributed by atoms with E-state index in [0.717, 1.165) is 17.9 Å². The molecule has 4 unspecified atom stereocenters. The first kappa shape index (κ1) is 13.9. The zero-order valence-electron chi connectivity index (χ0n) is 13.1. The van der Waals surface area contributed by atoms with E-state index in [0.29, 0.717) is 6.04 Å². The van der Waals surface area contributed by atoms with E-state index in [4.69, 9.17) is 0 Å². The van der Waals surface area contributed by atoms with Crippen LogP contribution in [0.1, 0.15) is 51.1 Å². The van der Waals surface area contributed by atoms with Crippen LogP contribution in [0, 0.1) is 11.8 Å². The van der Waals surface area contributed by atoms with E-state index in [1.807, 2.05) is 0 Å². The molecule has 1 aliphatic carbocycles. The van der Waals surface area contributed by atoms with Gasteiger partial charge >= 0.3 is 0 Å². The van der Waals surface area contributed by atoms with Crippen LogP contribution < -0.4 is 10.2 Å². The van der Waals surface area contributed by atoms with Crippen molar-refractivity contribution in [2.75, 3.05) is 18.5 Å². The van der Waals surface area contributed by atoms with Crippen molar-refractivity contribution in [3.05, 3.63) is 29.8 Å². The second kappa shape index (κ2) is 5.77. The summed E-state index contributed by atoms with van der Waals surface area (Å²) >= 11 is 0. The Kier molecular flexibility index (Phi) is 4.02. The van der Waals surface area contributed by atoms with Crippen LogP contribution in [0.3, 0.4) is 0 Å². The smallest absolute Gasteiger partial charge is 0.0417 e. The standard InChI is InChI=1S/C18H28N2/c1-13-8-9-15(12-14(13)2)20-11-10-17(19-3)16-6-4-5-7-18(16)20/h4-7,13-15,17,19H,8-12H2,1-3H3. The fraction of sp³-hybridized carbons (Fsp3) is 0.667. The van der Waals surface area contributed by atoms with Crippen LogP contribution in [0.25, 0.3) is 0 Å². The Labute approximate surface area is 123 Å². The Morgan fingerprint density at radius 1 is 1.05 bits per heavy atom. The SMILES string of the molecule is CNC1CCN(C2CCC(C)C(C)C2)c2ccccc21. The second-order valence-electron chi connectivity index (χ2n) is 6.80. The van der Waals surface area contributed by atoms with Gasteiger partial charge in [0.05, 0.1) is 0 Å². The zero-order valence-corrected chi connectivity index (χ0v) is 13.1. The Balaban J connectivity index is 1.84. The summed E-state index contributed by atoms with van der Waals surface area (Å²) in [7, 11) is 2.08. The molecule has 2 nitrogen and oxygen atoms in total. The number of nitrogens with one attached hydrogen (secondary N) is 1. The molecule has 1 aromatic rings. The Morgan fingerprint density at radius 2 is 1.85 bits per heavy atom. The Bertz CT molecular complexity index is 456. The maximum atomic E-state index is 3.47. The number of hydrogen-bond donors (Lipinski definition) is 1. The van der Waals surface area contributed by atoms with Gasteiger partial charge in [0.15, 0.2) is 0 Å². The van der Waals surface area contributed by atoms with E-state index >= 15 is 0 Å². The van der Waals surface area contributed by atoms with Crippen molar-refractivity contribution in [3.8, 4) is 0 Å². The third kappa shape index (κ3) is 2.46. The molecule has 20 heavy (non-hydrogen) atoms. The summed E-state index contributed by atoms with van der Waals surface area (Å²) < 4.78 is 0. The van der Waals surface area contributed by atoms with Crippen molar-refractivity contribution in [1.29, 1.82) is 0 Å². The predicted octanol–water partition coefficient (Wildman–Crippen LogP) is 3.98. The molecule has 0 saturated heterocycles. The van der Waals surface area contributed by atoms with Crippen molar-refractivity contribution in [3.63, 3.8) is 0 Å². The Morgan fingerprint density at radius 3 is 2.60 bits per heavy atom. The summed E-state index contributed by atoms with van der Waals surface area (Å²) in [6, 6.07) is 10.3. The predicted molar refractivity (Wildman–Crippen MR) is 86.2 cm³/mol. The summed E-state index contributed by atoms with van der Waals surface area (Å²) in [5.74, 6) is 1.76. The van der Waals surface area contributed by atoms with Crippen LogP contribution in [0.5, 0.6) is 0 Å². The largest absolute Gasteiger partial charge is 0.368 e. The van der Waals surface area contributed by atoms with Crippen molar-refractivity contribution in [2.45, 2.75) is 51.6 Å². The summed E-state index contributed by atoms with van der Waals surface area (Å²) in [4.78, 5) is 2.70. The van der Waals surface area contributed by atoms with E-state index in [1.165, 1.54) is 43.5 Å². The number of benzene rings is 1. The first-order chi connectivity index (χ1) is 9.70. The van der Waals surface area contributed by atoms with E-state index in [1.54, 1.807) is 0 Å². The van der Waals surface area contributed by atoms with Gasteiger partial charge in [0.25, 0.3) is 0 Å². The van der Waals surface area contributed by atoms with E-state index < -0.39 is 0 Å². The zero-order chi connectivity index (χ0) is 14.1. The number of rotatable bonds is 2. The molecule has 0 radical (unpaired) electrons. The summed E-state index contributed by atoms with van der Waals surface area (Å²) in [6.45, 7) is 6.05. The van der Waals surface area contributed by atoms with Gasteiger partial charge in [-0.05, 0) is 56.2 Å². The van der Waals surface area contributed by atoms with Crippen molar-refractivity contribution in [1.82, 2.24) is 5.32 Å². The third-order valence-corrected chi connectivity index (χ3v) is 5.64. The minimum absolute atomic E-state index is 0.530. The average molecular weight is 272 g/mol. The first-order valence-corrected chi connectivity index (χ1v) is 8.23. The Hall–Kier alpha value is -1.02. The number of nitrogens with zero attached hydrogens (tertiary/aromatic N) is 1. The van der Waals surface area contributed by atoms with Crippen LogP contribution in [0.4, 0.5) is 5.69 Å². The molecule has 110 valence electrons. The highest BCUT2D eigenvalue weighted by Gasteiger charge is 2.32. The van der Waals surface area contributed by atoms with Gasteiger partial charge in [-0.1, -0.05) is 32.0 Å². The summed E-state index contributed by atoms with van der Waals surface area (Å²) in [5.41, 5.74) is 2.97. The van der Waals surface area contributed by atoms with Gasteiger partial charge in [-0.3, -0.25) is 0 Å². The van der Waals surface area contributed by atoms with Crippen molar-refractivity contribution >= 4 is 5.69 Å².